The molecule has 4 rings (SSSR count). The molecule has 0 radical (unpaired) electrons. The number of fused-ring (bicyclic) bond motifs is 1. The summed E-state index contributed by atoms with van der Waals surface area (Å²) in [6, 6.07) is 19.1. The lowest BCUT2D eigenvalue weighted by molar-refractivity contribution is 0.0468. The van der Waals surface area contributed by atoms with Crippen molar-refractivity contribution in [3.63, 3.8) is 0 Å². The highest BCUT2D eigenvalue weighted by Gasteiger charge is 2.38. The van der Waals surface area contributed by atoms with Crippen LogP contribution < -0.4 is 4.74 Å². The van der Waals surface area contributed by atoms with E-state index >= 15 is 0 Å². The molecule has 2 heteroatoms. The maximum absolute atomic E-state index is 6.46. The number of rotatable bonds is 1. The van der Waals surface area contributed by atoms with E-state index in [1.165, 1.54) is 16.7 Å². The maximum Gasteiger partial charge on any atom is 0.130 e. The van der Waals surface area contributed by atoms with Crippen LogP contribution in [0.3, 0.4) is 0 Å². The predicted molar refractivity (Wildman–Crippen MR) is 90.1 cm³/mol. The minimum Gasteiger partial charge on any atom is -0.482 e. The first kappa shape index (κ1) is 13.6. The molecule has 2 aromatic rings. The van der Waals surface area contributed by atoms with E-state index < -0.39 is 0 Å². The number of ether oxygens (including phenoxy) is 1. The van der Waals surface area contributed by atoms with Gasteiger partial charge in [-0.2, -0.15) is 0 Å². The zero-order valence-corrected chi connectivity index (χ0v) is 13.0. The van der Waals surface area contributed by atoms with Gasteiger partial charge in [-0.25, -0.2) is 0 Å². The topological polar surface area (TPSA) is 12.5 Å². The van der Waals surface area contributed by atoms with Crippen molar-refractivity contribution in [3.8, 4) is 5.75 Å². The first-order valence-corrected chi connectivity index (χ1v) is 8.01. The molecular formula is C20H21NO. The fraction of sp³-hybridized carbons (Fsp3) is 0.300. The molecular weight excluding hydrogens is 270 g/mol. The lowest BCUT2D eigenvalue weighted by Crippen LogP contribution is -2.46. The molecule has 1 saturated heterocycles. The van der Waals surface area contributed by atoms with Gasteiger partial charge in [-0.15, -0.1) is 0 Å². The van der Waals surface area contributed by atoms with Gasteiger partial charge < -0.3 is 9.64 Å². The lowest BCUT2D eigenvalue weighted by Gasteiger charge is -2.42. The molecule has 0 atom stereocenters. The number of para-hydroxylation sites is 1. The minimum absolute atomic E-state index is 0.147. The molecule has 22 heavy (non-hydrogen) atoms. The number of hydrogen-bond donors (Lipinski definition) is 0. The van der Waals surface area contributed by atoms with Crippen LogP contribution in [-0.4, -0.2) is 30.6 Å². The Hall–Kier alpha value is -2.06. The molecule has 0 amide bonds. The van der Waals surface area contributed by atoms with Gasteiger partial charge in [0.1, 0.15) is 11.4 Å². The highest BCUT2D eigenvalue weighted by Crippen LogP contribution is 2.42. The summed E-state index contributed by atoms with van der Waals surface area (Å²) in [7, 11) is 2.19. The highest BCUT2D eigenvalue weighted by atomic mass is 16.5. The summed E-state index contributed by atoms with van der Waals surface area (Å²) in [6.45, 7) is 2.17. The standard InChI is InChI=1S/C20H21NO/c1-21-13-11-20(12-14-21)15-18(16-7-3-2-4-8-16)17-9-5-6-10-19(17)22-20/h2-10,15H,11-14H2,1H3. The van der Waals surface area contributed by atoms with Gasteiger partial charge in [0.2, 0.25) is 0 Å². The van der Waals surface area contributed by atoms with E-state index in [1.807, 2.05) is 0 Å². The van der Waals surface area contributed by atoms with Crippen LogP contribution in [0.2, 0.25) is 0 Å². The monoisotopic (exact) mass is 291 g/mol. The second-order valence-electron chi connectivity index (χ2n) is 6.39. The van der Waals surface area contributed by atoms with Crippen molar-refractivity contribution in [3.05, 3.63) is 71.8 Å². The summed E-state index contributed by atoms with van der Waals surface area (Å²) in [5, 5.41) is 0. The molecule has 0 aliphatic carbocycles. The van der Waals surface area contributed by atoms with Crippen LogP contribution in [0.1, 0.15) is 24.0 Å². The molecule has 0 saturated carbocycles. The molecule has 0 aromatic heterocycles. The van der Waals surface area contributed by atoms with Gasteiger partial charge in [-0.1, -0.05) is 48.5 Å². The van der Waals surface area contributed by atoms with E-state index in [0.29, 0.717) is 0 Å². The zero-order valence-electron chi connectivity index (χ0n) is 13.0. The molecule has 0 unspecified atom stereocenters. The molecule has 0 N–H and O–H groups in total. The second kappa shape index (κ2) is 5.29. The second-order valence-corrected chi connectivity index (χ2v) is 6.39. The Morgan fingerprint density at radius 2 is 1.59 bits per heavy atom. The van der Waals surface area contributed by atoms with E-state index in [1.54, 1.807) is 0 Å². The van der Waals surface area contributed by atoms with Crippen LogP contribution in [0, 0.1) is 0 Å². The molecule has 1 fully saturated rings. The average molecular weight is 291 g/mol. The molecule has 2 aliphatic heterocycles. The van der Waals surface area contributed by atoms with Gasteiger partial charge in [0.25, 0.3) is 0 Å². The number of hydrogen-bond acceptors (Lipinski definition) is 2. The van der Waals surface area contributed by atoms with Gasteiger partial charge in [0.15, 0.2) is 0 Å². The molecule has 0 bridgehead atoms. The van der Waals surface area contributed by atoms with Crippen LogP contribution in [0.25, 0.3) is 5.57 Å². The van der Waals surface area contributed by atoms with Gasteiger partial charge in [-0.05, 0) is 30.3 Å². The van der Waals surface area contributed by atoms with Gasteiger partial charge >= 0.3 is 0 Å². The SMILES string of the molecule is CN1CCC2(C=C(c3ccccc3)c3ccccc3O2)CC1. The van der Waals surface area contributed by atoms with Crippen LogP contribution in [0.5, 0.6) is 5.75 Å². The Balaban J connectivity index is 1.82. The van der Waals surface area contributed by atoms with E-state index in [-0.39, 0.29) is 5.60 Å². The van der Waals surface area contributed by atoms with E-state index in [4.69, 9.17) is 4.74 Å². The molecule has 2 aromatic carbocycles. The minimum atomic E-state index is -0.147. The van der Waals surface area contributed by atoms with Crippen LogP contribution in [0.15, 0.2) is 60.7 Å². The van der Waals surface area contributed by atoms with Crippen molar-refractivity contribution < 1.29 is 4.74 Å². The maximum atomic E-state index is 6.46. The van der Waals surface area contributed by atoms with Crippen LogP contribution >= 0.6 is 0 Å². The smallest absolute Gasteiger partial charge is 0.130 e. The zero-order chi connectivity index (χ0) is 15.0. The third-order valence-corrected chi connectivity index (χ3v) is 4.82. The van der Waals surface area contributed by atoms with Crippen molar-refractivity contribution >= 4 is 5.57 Å². The summed E-state index contributed by atoms with van der Waals surface area (Å²) in [5.41, 5.74) is 3.65. The Bertz CT molecular complexity index is 697. The summed E-state index contributed by atoms with van der Waals surface area (Å²) >= 11 is 0. The third kappa shape index (κ3) is 2.34. The molecule has 2 heterocycles. The summed E-state index contributed by atoms with van der Waals surface area (Å²) in [4.78, 5) is 2.38. The molecule has 112 valence electrons. The van der Waals surface area contributed by atoms with Gasteiger partial charge in [-0.3, -0.25) is 0 Å². The lowest BCUT2D eigenvalue weighted by atomic mass is 9.83. The first-order chi connectivity index (χ1) is 10.8. The summed E-state index contributed by atoms with van der Waals surface area (Å²) < 4.78 is 6.46. The largest absolute Gasteiger partial charge is 0.482 e. The normalized spacial score (nSPS) is 20.1. The van der Waals surface area contributed by atoms with Crippen molar-refractivity contribution in [2.24, 2.45) is 0 Å². The highest BCUT2D eigenvalue weighted by molar-refractivity contribution is 5.84. The molecule has 2 nitrogen and oxygen atoms in total. The van der Waals surface area contributed by atoms with E-state index in [0.717, 1.165) is 31.7 Å². The number of piperidine rings is 1. The fourth-order valence-electron chi connectivity index (χ4n) is 3.47. The molecule has 1 spiro atoms. The Kier molecular flexibility index (Phi) is 3.27. The van der Waals surface area contributed by atoms with Crippen LogP contribution in [-0.2, 0) is 0 Å². The third-order valence-electron chi connectivity index (χ3n) is 4.82. The van der Waals surface area contributed by atoms with Gasteiger partial charge in [0, 0.05) is 31.5 Å². The summed E-state index contributed by atoms with van der Waals surface area (Å²) in [5.74, 6) is 1.02. The van der Waals surface area contributed by atoms with Crippen molar-refractivity contribution in [2.75, 3.05) is 20.1 Å². The number of nitrogens with zero attached hydrogens (tertiary/aromatic N) is 1. The quantitative estimate of drug-likeness (QED) is 0.788. The predicted octanol–water partition coefficient (Wildman–Crippen LogP) is 3.98. The van der Waals surface area contributed by atoms with E-state index in [9.17, 15) is 0 Å². The van der Waals surface area contributed by atoms with Gasteiger partial charge in [0.05, 0.1) is 0 Å². The average Bonchev–Trinajstić information content (AvgIpc) is 2.58. The Morgan fingerprint density at radius 1 is 0.909 bits per heavy atom. The Labute approximate surface area is 132 Å². The van der Waals surface area contributed by atoms with Crippen molar-refractivity contribution in [1.82, 2.24) is 4.90 Å². The fourth-order valence-corrected chi connectivity index (χ4v) is 3.47. The first-order valence-electron chi connectivity index (χ1n) is 8.01. The van der Waals surface area contributed by atoms with Crippen LogP contribution in [0.4, 0.5) is 0 Å². The van der Waals surface area contributed by atoms with Crippen molar-refractivity contribution in [1.29, 1.82) is 0 Å². The van der Waals surface area contributed by atoms with E-state index in [2.05, 4.69) is 72.6 Å². The van der Waals surface area contributed by atoms with Crippen molar-refractivity contribution in [2.45, 2.75) is 18.4 Å². The Morgan fingerprint density at radius 3 is 2.36 bits per heavy atom. The summed E-state index contributed by atoms with van der Waals surface area (Å²) in [6.07, 6.45) is 4.47. The number of benzene rings is 2. The number of likely N-dealkylation sites (tertiary alicyclic amines) is 1. The molecule has 2 aliphatic rings.